The molecule has 0 radical (unpaired) electrons. The van der Waals surface area contributed by atoms with Crippen molar-refractivity contribution in [2.24, 2.45) is 0 Å². The van der Waals surface area contributed by atoms with Gasteiger partial charge in [-0.2, -0.15) is 0 Å². The number of hydrogen-bond donors (Lipinski definition) is 1. The van der Waals surface area contributed by atoms with Gasteiger partial charge in [0, 0.05) is 12.1 Å². The number of rotatable bonds is 2. The van der Waals surface area contributed by atoms with Crippen molar-refractivity contribution in [3.63, 3.8) is 0 Å². The molecule has 1 aromatic carbocycles. The van der Waals surface area contributed by atoms with E-state index in [9.17, 15) is 14.0 Å². The van der Waals surface area contributed by atoms with Crippen LogP contribution in [-0.4, -0.2) is 41.1 Å². The fraction of sp³-hybridized carbons (Fsp3) is 0.333. The van der Waals surface area contributed by atoms with E-state index in [1.54, 1.807) is 6.08 Å². The molecule has 2 heterocycles. The van der Waals surface area contributed by atoms with Gasteiger partial charge in [-0.3, -0.25) is 4.79 Å². The highest BCUT2D eigenvalue weighted by atomic mass is 19.1. The summed E-state index contributed by atoms with van der Waals surface area (Å²) in [4.78, 5) is 24.9. The molecule has 5 nitrogen and oxygen atoms in total. The van der Waals surface area contributed by atoms with E-state index in [2.05, 4.69) is 0 Å². The summed E-state index contributed by atoms with van der Waals surface area (Å²) in [6.45, 7) is 0.490. The van der Waals surface area contributed by atoms with Crippen LogP contribution in [0.5, 0.6) is 5.75 Å². The number of nitrogens with zero attached hydrogens (tertiary/aromatic N) is 1. The number of benzene rings is 1. The Labute approximate surface area is 120 Å². The van der Waals surface area contributed by atoms with Gasteiger partial charge in [-0.15, -0.1) is 0 Å². The third-order valence-electron chi connectivity index (χ3n) is 3.76. The molecule has 1 amide bonds. The van der Waals surface area contributed by atoms with E-state index in [1.165, 1.54) is 23.1 Å². The van der Waals surface area contributed by atoms with E-state index in [-0.39, 0.29) is 12.5 Å². The SMILES string of the molecule is O=C(O)C1CCCN1C(=O)C1=Cc2cc(F)ccc2OC1. The first kappa shape index (κ1) is 13.6. The first-order chi connectivity index (χ1) is 10.1. The topological polar surface area (TPSA) is 66.8 Å². The number of carboxylic acids is 1. The first-order valence-electron chi connectivity index (χ1n) is 6.73. The van der Waals surface area contributed by atoms with Crippen molar-refractivity contribution in [3.05, 3.63) is 35.2 Å². The van der Waals surface area contributed by atoms with Gasteiger partial charge >= 0.3 is 5.97 Å². The third-order valence-corrected chi connectivity index (χ3v) is 3.76. The van der Waals surface area contributed by atoms with Crippen molar-refractivity contribution < 1.29 is 23.8 Å². The molecule has 0 aliphatic carbocycles. The number of aliphatic carboxylic acids is 1. The lowest BCUT2D eigenvalue weighted by molar-refractivity contribution is -0.147. The van der Waals surface area contributed by atoms with Crippen LogP contribution >= 0.6 is 0 Å². The van der Waals surface area contributed by atoms with Crippen LogP contribution < -0.4 is 4.74 Å². The average molecular weight is 291 g/mol. The number of halogens is 1. The maximum Gasteiger partial charge on any atom is 0.326 e. The number of carbonyl (C=O) groups excluding carboxylic acids is 1. The van der Waals surface area contributed by atoms with Gasteiger partial charge in [0.1, 0.15) is 24.2 Å². The highest BCUT2D eigenvalue weighted by molar-refractivity contribution is 6.01. The van der Waals surface area contributed by atoms with Gasteiger partial charge in [-0.1, -0.05) is 0 Å². The molecule has 2 aliphatic heterocycles. The quantitative estimate of drug-likeness (QED) is 0.900. The third kappa shape index (κ3) is 2.49. The molecule has 0 saturated carbocycles. The zero-order chi connectivity index (χ0) is 15.0. The lowest BCUT2D eigenvalue weighted by Crippen LogP contribution is -2.42. The van der Waals surface area contributed by atoms with Gasteiger partial charge in [-0.25, -0.2) is 9.18 Å². The average Bonchev–Trinajstić information content (AvgIpc) is 2.95. The first-order valence-corrected chi connectivity index (χ1v) is 6.73. The Kier molecular flexibility index (Phi) is 3.37. The van der Waals surface area contributed by atoms with Crippen molar-refractivity contribution >= 4 is 18.0 Å². The minimum Gasteiger partial charge on any atom is -0.488 e. The molecule has 1 N–H and O–H groups in total. The standard InChI is InChI=1S/C15H14FNO4/c16-11-3-4-13-9(7-11)6-10(8-21-13)14(18)17-5-1-2-12(17)15(19)20/h3-4,6-7,12H,1-2,5,8H2,(H,19,20). The van der Waals surface area contributed by atoms with Crippen LogP contribution in [0.1, 0.15) is 18.4 Å². The van der Waals surface area contributed by atoms with Crippen molar-refractivity contribution in [1.29, 1.82) is 0 Å². The molecule has 1 fully saturated rings. The molecule has 1 aromatic rings. The van der Waals surface area contributed by atoms with E-state index in [0.29, 0.717) is 36.3 Å². The smallest absolute Gasteiger partial charge is 0.326 e. The van der Waals surface area contributed by atoms with Crippen molar-refractivity contribution in [2.45, 2.75) is 18.9 Å². The summed E-state index contributed by atoms with van der Waals surface area (Å²) in [6.07, 6.45) is 2.70. The number of carboxylic acid groups (broad SMARTS) is 1. The minimum absolute atomic E-state index is 0.0697. The highest BCUT2D eigenvalue weighted by Gasteiger charge is 2.35. The van der Waals surface area contributed by atoms with Gasteiger partial charge < -0.3 is 14.7 Å². The van der Waals surface area contributed by atoms with E-state index in [4.69, 9.17) is 9.84 Å². The number of carbonyl (C=O) groups is 2. The van der Waals surface area contributed by atoms with Gasteiger partial charge in [0.05, 0.1) is 5.57 Å². The van der Waals surface area contributed by atoms with Gasteiger partial charge in [0.15, 0.2) is 0 Å². The molecule has 21 heavy (non-hydrogen) atoms. The second-order valence-corrected chi connectivity index (χ2v) is 5.14. The van der Waals surface area contributed by atoms with Crippen LogP contribution in [0, 0.1) is 5.82 Å². The second kappa shape index (κ2) is 5.20. The number of fused-ring (bicyclic) bond motifs is 1. The number of likely N-dealkylation sites (tertiary alicyclic amines) is 1. The summed E-state index contributed by atoms with van der Waals surface area (Å²) in [5.41, 5.74) is 0.844. The molecule has 1 saturated heterocycles. The number of ether oxygens (including phenoxy) is 1. The molecular weight excluding hydrogens is 277 g/mol. The van der Waals surface area contributed by atoms with Gasteiger partial charge in [0.2, 0.25) is 0 Å². The van der Waals surface area contributed by atoms with Crippen molar-refractivity contribution in [3.8, 4) is 5.75 Å². The fourth-order valence-electron chi connectivity index (χ4n) is 2.72. The predicted molar refractivity (Wildman–Crippen MR) is 72.2 cm³/mol. The zero-order valence-corrected chi connectivity index (χ0v) is 11.2. The summed E-state index contributed by atoms with van der Waals surface area (Å²) in [5, 5.41) is 9.13. The molecular formula is C15H14FNO4. The Morgan fingerprint density at radius 3 is 2.95 bits per heavy atom. The maximum atomic E-state index is 13.2. The predicted octanol–water partition coefficient (Wildman–Crippen LogP) is 1.68. The molecule has 0 spiro atoms. The zero-order valence-electron chi connectivity index (χ0n) is 11.2. The van der Waals surface area contributed by atoms with Crippen molar-refractivity contribution in [1.82, 2.24) is 4.90 Å². The van der Waals surface area contributed by atoms with Crippen LogP contribution in [0.3, 0.4) is 0 Å². The summed E-state index contributed by atoms with van der Waals surface area (Å²) in [7, 11) is 0. The largest absolute Gasteiger partial charge is 0.488 e. The summed E-state index contributed by atoms with van der Waals surface area (Å²) < 4.78 is 18.7. The fourth-order valence-corrected chi connectivity index (χ4v) is 2.72. The molecule has 2 aliphatic rings. The van der Waals surface area contributed by atoms with E-state index in [0.717, 1.165) is 0 Å². The normalized spacial score (nSPS) is 20.5. The van der Waals surface area contributed by atoms with Crippen LogP contribution in [-0.2, 0) is 9.59 Å². The minimum atomic E-state index is -0.996. The number of amides is 1. The van der Waals surface area contributed by atoms with Crippen LogP contribution in [0.4, 0.5) is 4.39 Å². The monoisotopic (exact) mass is 291 g/mol. The number of hydrogen-bond acceptors (Lipinski definition) is 3. The summed E-state index contributed by atoms with van der Waals surface area (Å²) in [6, 6.07) is 3.31. The van der Waals surface area contributed by atoms with E-state index >= 15 is 0 Å². The van der Waals surface area contributed by atoms with Gasteiger partial charge in [0.25, 0.3) is 5.91 Å². The lowest BCUT2D eigenvalue weighted by atomic mass is 10.1. The second-order valence-electron chi connectivity index (χ2n) is 5.14. The van der Waals surface area contributed by atoms with E-state index in [1.807, 2.05) is 0 Å². The molecule has 110 valence electrons. The Bertz CT molecular complexity index is 641. The highest BCUT2D eigenvalue weighted by Crippen LogP contribution is 2.29. The summed E-state index contributed by atoms with van der Waals surface area (Å²) in [5.74, 6) is -1.24. The molecule has 0 aromatic heterocycles. The Morgan fingerprint density at radius 2 is 2.19 bits per heavy atom. The lowest BCUT2D eigenvalue weighted by Gasteiger charge is -2.25. The molecule has 1 atom stereocenters. The van der Waals surface area contributed by atoms with Crippen LogP contribution in [0.15, 0.2) is 23.8 Å². The van der Waals surface area contributed by atoms with Gasteiger partial charge in [-0.05, 0) is 37.1 Å². The molecule has 6 heteroatoms. The molecule has 1 unspecified atom stereocenters. The Hall–Kier alpha value is -2.37. The van der Waals surface area contributed by atoms with Crippen LogP contribution in [0.2, 0.25) is 0 Å². The van der Waals surface area contributed by atoms with Crippen molar-refractivity contribution in [2.75, 3.05) is 13.2 Å². The Morgan fingerprint density at radius 1 is 1.38 bits per heavy atom. The maximum absolute atomic E-state index is 13.2. The van der Waals surface area contributed by atoms with E-state index < -0.39 is 17.8 Å². The van der Waals surface area contributed by atoms with Crippen LogP contribution in [0.25, 0.3) is 6.08 Å². The molecule has 3 rings (SSSR count). The summed E-state index contributed by atoms with van der Waals surface area (Å²) >= 11 is 0. The Balaban J connectivity index is 1.87. The molecule has 0 bridgehead atoms.